The SMILES string of the molecule is C/C(=N\N(C)C)c1nnc2n1CCN(C(=O)c1cc(Cc3n[nH]c(=O)c4ccccc34)ccc1F)C2.CC. The van der Waals surface area contributed by atoms with Crippen molar-refractivity contribution in [3.05, 3.63) is 87.1 Å². The van der Waals surface area contributed by atoms with Gasteiger partial charge in [0, 0.05) is 39.0 Å². The van der Waals surface area contributed by atoms with Gasteiger partial charge < -0.3 is 14.5 Å². The van der Waals surface area contributed by atoms with Crippen molar-refractivity contribution in [2.75, 3.05) is 20.6 Å². The topological polar surface area (TPSA) is 112 Å². The number of hydrogen-bond donors (Lipinski definition) is 1. The fourth-order valence-electron chi connectivity index (χ4n) is 4.46. The molecule has 198 valence electrons. The fourth-order valence-corrected chi connectivity index (χ4v) is 4.46. The smallest absolute Gasteiger partial charge is 0.272 e. The summed E-state index contributed by atoms with van der Waals surface area (Å²) in [6.45, 7) is 6.95. The second kappa shape index (κ2) is 11.3. The van der Waals surface area contributed by atoms with Gasteiger partial charge in [0.25, 0.3) is 11.5 Å². The zero-order chi connectivity index (χ0) is 27.4. The molecule has 1 aliphatic rings. The van der Waals surface area contributed by atoms with Gasteiger partial charge in [0.15, 0.2) is 11.6 Å². The van der Waals surface area contributed by atoms with Gasteiger partial charge in [-0.25, -0.2) is 9.49 Å². The van der Waals surface area contributed by atoms with Crippen LogP contribution in [0.1, 0.15) is 54.0 Å². The highest BCUT2D eigenvalue weighted by Crippen LogP contribution is 2.21. The van der Waals surface area contributed by atoms with E-state index in [0.29, 0.717) is 47.8 Å². The van der Waals surface area contributed by atoms with Gasteiger partial charge in [-0.05, 0) is 30.7 Å². The van der Waals surface area contributed by atoms with Crippen LogP contribution in [0.15, 0.2) is 52.4 Å². The normalized spacial score (nSPS) is 13.1. The number of rotatable bonds is 5. The molecule has 0 radical (unpaired) electrons. The Labute approximate surface area is 219 Å². The number of nitrogens with zero attached hydrogens (tertiary/aromatic N) is 7. The summed E-state index contributed by atoms with van der Waals surface area (Å²) in [5.74, 6) is 0.269. The number of H-pyrrole nitrogens is 1. The quantitative estimate of drug-likeness (QED) is 0.321. The lowest BCUT2D eigenvalue weighted by Gasteiger charge is -2.28. The Morgan fingerprint density at radius 2 is 1.84 bits per heavy atom. The molecule has 38 heavy (non-hydrogen) atoms. The number of carbonyl (C=O) groups excluding carboxylic acids is 1. The van der Waals surface area contributed by atoms with Crippen LogP contribution >= 0.6 is 0 Å². The van der Waals surface area contributed by atoms with Crippen molar-refractivity contribution in [3.63, 3.8) is 0 Å². The second-order valence-corrected chi connectivity index (χ2v) is 8.89. The molecule has 0 unspecified atom stereocenters. The van der Waals surface area contributed by atoms with Crippen LogP contribution < -0.4 is 5.56 Å². The molecule has 0 fully saturated rings. The third-order valence-electron chi connectivity index (χ3n) is 6.12. The summed E-state index contributed by atoms with van der Waals surface area (Å²) in [4.78, 5) is 27.0. The van der Waals surface area contributed by atoms with Crippen molar-refractivity contribution in [3.8, 4) is 0 Å². The number of benzene rings is 2. The van der Waals surface area contributed by atoms with Gasteiger partial charge in [0.2, 0.25) is 0 Å². The number of amides is 1. The summed E-state index contributed by atoms with van der Waals surface area (Å²) in [6, 6.07) is 11.6. The Balaban J connectivity index is 0.00000164. The van der Waals surface area contributed by atoms with E-state index >= 15 is 0 Å². The molecular formula is C27H31FN8O2. The molecule has 1 N–H and O–H groups in total. The molecule has 0 aliphatic carbocycles. The number of hydrazone groups is 1. The summed E-state index contributed by atoms with van der Waals surface area (Å²) < 4.78 is 16.7. The minimum Gasteiger partial charge on any atom is -0.329 e. The summed E-state index contributed by atoms with van der Waals surface area (Å²) in [5, 5.41) is 22.5. The number of fused-ring (bicyclic) bond motifs is 2. The third kappa shape index (κ3) is 5.31. The average Bonchev–Trinajstić information content (AvgIpc) is 3.35. The van der Waals surface area contributed by atoms with Gasteiger partial charge in [-0.1, -0.05) is 38.1 Å². The van der Waals surface area contributed by atoms with Crippen LogP contribution in [0.3, 0.4) is 0 Å². The maximum Gasteiger partial charge on any atom is 0.272 e. The molecule has 3 heterocycles. The molecule has 1 aliphatic heterocycles. The van der Waals surface area contributed by atoms with E-state index in [9.17, 15) is 14.0 Å². The van der Waals surface area contributed by atoms with Crippen molar-refractivity contribution in [2.24, 2.45) is 5.10 Å². The average molecular weight is 519 g/mol. The zero-order valence-corrected chi connectivity index (χ0v) is 22.2. The molecule has 0 saturated heterocycles. The minimum absolute atomic E-state index is 0.0141. The Morgan fingerprint density at radius 3 is 2.58 bits per heavy atom. The van der Waals surface area contributed by atoms with Gasteiger partial charge in [0.1, 0.15) is 11.5 Å². The summed E-state index contributed by atoms with van der Waals surface area (Å²) in [5.41, 5.74) is 1.79. The zero-order valence-electron chi connectivity index (χ0n) is 22.2. The van der Waals surface area contributed by atoms with Crippen molar-refractivity contribution < 1.29 is 9.18 Å². The molecule has 0 spiro atoms. The Bertz CT molecular complexity index is 1560. The van der Waals surface area contributed by atoms with Crippen LogP contribution in [-0.4, -0.2) is 67.1 Å². The molecule has 2 aromatic carbocycles. The molecule has 5 rings (SSSR count). The number of halogens is 1. The minimum atomic E-state index is -0.593. The van der Waals surface area contributed by atoms with E-state index < -0.39 is 11.7 Å². The predicted octanol–water partition coefficient (Wildman–Crippen LogP) is 3.21. The monoisotopic (exact) mass is 518 g/mol. The van der Waals surface area contributed by atoms with Crippen LogP contribution in [-0.2, 0) is 19.5 Å². The van der Waals surface area contributed by atoms with E-state index in [1.54, 1.807) is 34.2 Å². The highest BCUT2D eigenvalue weighted by molar-refractivity contribution is 5.96. The molecule has 1 amide bonds. The fraction of sp³-hybridized carbons (Fsp3) is 0.333. The van der Waals surface area contributed by atoms with Crippen LogP contribution in [0.25, 0.3) is 10.8 Å². The number of aromatic nitrogens is 5. The largest absolute Gasteiger partial charge is 0.329 e. The van der Waals surface area contributed by atoms with Crippen LogP contribution in [0.2, 0.25) is 0 Å². The second-order valence-electron chi connectivity index (χ2n) is 8.89. The first-order chi connectivity index (χ1) is 18.3. The molecule has 0 atom stereocenters. The van der Waals surface area contributed by atoms with Crippen LogP contribution in [0.4, 0.5) is 4.39 Å². The first-order valence-corrected chi connectivity index (χ1v) is 12.5. The van der Waals surface area contributed by atoms with Gasteiger partial charge in [0.05, 0.1) is 23.2 Å². The maximum absolute atomic E-state index is 14.8. The molecule has 11 heteroatoms. The molecule has 10 nitrogen and oxygen atoms in total. The van der Waals surface area contributed by atoms with Gasteiger partial charge >= 0.3 is 0 Å². The molecule has 2 aromatic heterocycles. The summed E-state index contributed by atoms with van der Waals surface area (Å²) in [6.07, 6.45) is 0.333. The highest BCUT2D eigenvalue weighted by Gasteiger charge is 2.27. The first kappa shape index (κ1) is 26.6. The van der Waals surface area contributed by atoms with Gasteiger partial charge in [-0.15, -0.1) is 10.2 Å². The molecule has 0 saturated carbocycles. The number of hydrogen-bond acceptors (Lipinski definition) is 7. The Kier molecular flexibility index (Phi) is 7.94. The Hall–Kier alpha value is -4.41. The van der Waals surface area contributed by atoms with Crippen molar-refractivity contribution in [1.29, 1.82) is 0 Å². The molecule has 4 aromatic rings. The van der Waals surface area contributed by atoms with Crippen molar-refractivity contribution >= 4 is 22.4 Å². The highest BCUT2D eigenvalue weighted by atomic mass is 19.1. The van der Waals surface area contributed by atoms with E-state index in [0.717, 1.165) is 11.1 Å². The van der Waals surface area contributed by atoms with Crippen molar-refractivity contribution in [2.45, 2.75) is 40.3 Å². The van der Waals surface area contributed by atoms with E-state index in [1.807, 2.05) is 51.6 Å². The molecular weight excluding hydrogens is 487 g/mol. The van der Waals surface area contributed by atoms with E-state index in [1.165, 1.54) is 6.07 Å². The van der Waals surface area contributed by atoms with E-state index in [2.05, 4.69) is 25.5 Å². The van der Waals surface area contributed by atoms with Gasteiger partial charge in [-0.3, -0.25) is 9.59 Å². The third-order valence-corrected chi connectivity index (χ3v) is 6.12. The first-order valence-electron chi connectivity index (χ1n) is 12.5. The molecule has 0 bridgehead atoms. The van der Waals surface area contributed by atoms with E-state index in [-0.39, 0.29) is 17.7 Å². The number of carbonyl (C=O) groups is 1. The predicted molar refractivity (Wildman–Crippen MR) is 144 cm³/mol. The van der Waals surface area contributed by atoms with Crippen LogP contribution in [0, 0.1) is 5.82 Å². The lowest BCUT2D eigenvalue weighted by Crippen LogP contribution is -2.39. The van der Waals surface area contributed by atoms with Gasteiger partial charge in [-0.2, -0.15) is 10.2 Å². The maximum atomic E-state index is 14.8. The Morgan fingerprint density at radius 1 is 1.11 bits per heavy atom. The standard InChI is InChI=1S/C25H25FN8O2.C2H6/c1-15(31-32(2)3)23-29-28-22-14-33(10-11-34(22)23)25(36)19-12-16(8-9-20(19)26)13-21-17-6-4-5-7-18(17)24(35)30-27-21;1-2/h4-9,12H,10-11,13-14H2,1-3H3,(H,30,35);1-2H3/b31-15+;. The number of nitrogens with one attached hydrogen (secondary N) is 1. The summed E-state index contributed by atoms with van der Waals surface area (Å²) >= 11 is 0. The van der Waals surface area contributed by atoms with Crippen molar-refractivity contribution in [1.82, 2.24) is 34.9 Å². The lowest BCUT2D eigenvalue weighted by molar-refractivity contribution is 0.0702. The lowest BCUT2D eigenvalue weighted by atomic mass is 10.0. The van der Waals surface area contributed by atoms with E-state index in [4.69, 9.17) is 0 Å². The number of aromatic amines is 1. The summed E-state index contributed by atoms with van der Waals surface area (Å²) in [7, 11) is 3.66. The van der Waals surface area contributed by atoms with Crippen LogP contribution in [0.5, 0.6) is 0 Å².